The zero-order chi connectivity index (χ0) is 6.97. The summed E-state index contributed by atoms with van der Waals surface area (Å²) in [4.78, 5) is 4.03. The molecule has 2 heterocycles. The molecule has 0 radical (unpaired) electrons. The summed E-state index contributed by atoms with van der Waals surface area (Å²) in [6, 6.07) is 0. The largest absolute Gasteiger partial charge is 0.330 e. The van der Waals surface area contributed by atoms with Crippen LogP contribution in [-0.2, 0) is 6.54 Å². The smallest absolute Gasteiger partial charge is 0.159 e. The number of anilines is 1. The van der Waals surface area contributed by atoms with Gasteiger partial charge in [0.15, 0.2) is 5.82 Å². The molecule has 0 saturated carbocycles. The van der Waals surface area contributed by atoms with E-state index in [1.807, 2.05) is 0 Å². The Labute approximate surface area is 65.9 Å². The first kappa shape index (κ1) is 5.91. The van der Waals surface area contributed by atoms with E-state index < -0.39 is 0 Å². The predicted molar refractivity (Wildman–Crippen MR) is 42.1 cm³/mol. The highest BCUT2D eigenvalue weighted by molar-refractivity contribution is 9.10. The molecule has 1 aromatic rings. The molecule has 10 heavy (non-hydrogen) atoms. The van der Waals surface area contributed by atoms with Crippen molar-refractivity contribution in [2.75, 3.05) is 5.32 Å². The SMILES string of the molecule is Brc1[nH]nc2c1CN=CN2. The number of nitrogens with zero attached hydrogens (tertiary/aromatic N) is 2. The van der Waals surface area contributed by atoms with E-state index in [1.54, 1.807) is 6.34 Å². The maximum atomic E-state index is 4.03. The van der Waals surface area contributed by atoms with Crippen molar-refractivity contribution in [1.29, 1.82) is 0 Å². The van der Waals surface area contributed by atoms with Crippen molar-refractivity contribution < 1.29 is 0 Å². The molecule has 0 saturated heterocycles. The monoisotopic (exact) mass is 200 g/mol. The van der Waals surface area contributed by atoms with E-state index in [0.29, 0.717) is 6.54 Å². The number of hydrogen-bond acceptors (Lipinski definition) is 3. The molecule has 0 atom stereocenters. The van der Waals surface area contributed by atoms with Gasteiger partial charge in [-0.2, -0.15) is 5.10 Å². The van der Waals surface area contributed by atoms with Gasteiger partial charge in [-0.3, -0.25) is 10.1 Å². The summed E-state index contributed by atoms with van der Waals surface area (Å²) < 4.78 is 0.909. The lowest BCUT2D eigenvalue weighted by molar-refractivity contribution is 1.05. The van der Waals surface area contributed by atoms with Gasteiger partial charge in [-0.1, -0.05) is 0 Å². The van der Waals surface area contributed by atoms with Gasteiger partial charge in [0, 0.05) is 0 Å². The Kier molecular flexibility index (Phi) is 1.23. The molecule has 0 amide bonds. The molecular weight excluding hydrogens is 196 g/mol. The van der Waals surface area contributed by atoms with Gasteiger partial charge in [0.05, 0.1) is 18.4 Å². The van der Waals surface area contributed by atoms with Crippen LogP contribution in [0.25, 0.3) is 0 Å². The normalized spacial score (nSPS) is 14.5. The Morgan fingerprint density at radius 1 is 1.60 bits per heavy atom. The van der Waals surface area contributed by atoms with Crippen LogP contribution in [0.3, 0.4) is 0 Å². The van der Waals surface area contributed by atoms with Gasteiger partial charge in [0.25, 0.3) is 0 Å². The first-order chi connectivity index (χ1) is 4.88. The second kappa shape index (κ2) is 2.09. The maximum Gasteiger partial charge on any atom is 0.159 e. The summed E-state index contributed by atoms with van der Waals surface area (Å²) in [6.45, 7) is 0.694. The molecule has 1 aliphatic rings. The van der Waals surface area contributed by atoms with Crippen molar-refractivity contribution in [2.24, 2.45) is 4.99 Å². The molecule has 0 bridgehead atoms. The van der Waals surface area contributed by atoms with E-state index >= 15 is 0 Å². The molecule has 2 N–H and O–H groups in total. The van der Waals surface area contributed by atoms with Crippen molar-refractivity contribution in [3.8, 4) is 0 Å². The molecule has 5 heteroatoms. The van der Waals surface area contributed by atoms with Crippen LogP contribution in [0.15, 0.2) is 9.60 Å². The molecule has 0 aliphatic carbocycles. The van der Waals surface area contributed by atoms with E-state index in [-0.39, 0.29) is 0 Å². The minimum absolute atomic E-state index is 0.694. The lowest BCUT2D eigenvalue weighted by Gasteiger charge is -2.03. The van der Waals surface area contributed by atoms with Crippen LogP contribution in [0, 0.1) is 0 Å². The van der Waals surface area contributed by atoms with Gasteiger partial charge < -0.3 is 5.32 Å². The van der Waals surface area contributed by atoms with Gasteiger partial charge in [0.1, 0.15) is 4.60 Å². The van der Waals surface area contributed by atoms with Crippen molar-refractivity contribution in [3.63, 3.8) is 0 Å². The van der Waals surface area contributed by atoms with Crippen molar-refractivity contribution in [2.45, 2.75) is 6.54 Å². The number of H-pyrrole nitrogens is 1. The number of hydrogen-bond donors (Lipinski definition) is 2. The van der Waals surface area contributed by atoms with Crippen LogP contribution >= 0.6 is 15.9 Å². The van der Waals surface area contributed by atoms with Crippen LogP contribution in [-0.4, -0.2) is 16.5 Å². The lowest BCUT2D eigenvalue weighted by atomic mass is 10.3. The van der Waals surface area contributed by atoms with Gasteiger partial charge in [-0.05, 0) is 15.9 Å². The van der Waals surface area contributed by atoms with Gasteiger partial charge in [-0.25, -0.2) is 0 Å². The lowest BCUT2D eigenvalue weighted by Crippen LogP contribution is -2.03. The zero-order valence-corrected chi connectivity index (χ0v) is 6.64. The third kappa shape index (κ3) is 0.740. The minimum Gasteiger partial charge on any atom is -0.330 e. The Balaban J connectivity index is 2.50. The summed E-state index contributed by atoms with van der Waals surface area (Å²) in [5.74, 6) is 0.863. The van der Waals surface area contributed by atoms with E-state index in [2.05, 4.69) is 36.4 Å². The van der Waals surface area contributed by atoms with Crippen molar-refractivity contribution in [1.82, 2.24) is 10.2 Å². The predicted octanol–water partition coefficient (Wildman–Crippen LogP) is 1.13. The molecule has 2 rings (SSSR count). The number of halogens is 1. The highest BCUT2D eigenvalue weighted by atomic mass is 79.9. The highest BCUT2D eigenvalue weighted by Crippen LogP contribution is 2.23. The maximum absolute atomic E-state index is 4.03. The Morgan fingerprint density at radius 3 is 3.30 bits per heavy atom. The summed E-state index contributed by atoms with van der Waals surface area (Å²) in [5.41, 5.74) is 1.09. The molecular formula is C5H5BrN4. The quantitative estimate of drug-likeness (QED) is 0.660. The number of aliphatic imine (C=N–C) groups is 1. The van der Waals surface area contributed by atoms with Crippen LogP contribution in [0.1, 0.15) is 5.56 Å². The molecule has 0 unspecified atom stereocenters. The topological polar surface area (TPSA) is 53.1 Å². The number of rotatable bonds is 0. The summed E-state index contributed by atoms with van der Waals surface area (Å²) in [5, 5.41) is 9.70. The average molecular weight is 201 g/mol. The van der Waals surface area contributed by atoms with E-state index in [9.17, 15) is 0 Å². The fraction of sp³-hybridized carbons (Fsp3) is 0.200. The fourth-order valence-corrected chi connectivity index (χ4v) is 1.25. The molecule has 0 aromatic carbocycles. The summed E-state index contributed by atoms with van der Waals surface area (Å²) in [7, 11) is 0. The van der Waals surface area contributed by atoms with Gasteiger partial charge in [0.2, 0.25) is 0 Å². The first-order valence-corrected chi connectivity index (χ1v) is 3.65. The second-order valence-electron chi connectivity index (χ2n) is 1.98. The third-order valence-corrected chi connectivity index (χ3v) is 2.01. The van der Waals surface area contributed by atoms with E-state index in [4.69, 9.17) is 0 Å². The molecule has 0 spiro atoms. The molecule has 0 fully saturated rings. The summed E-state index contributed by atoms with van der Waals surface area (Å²) in [6.07, 6.45) is 1.65. The Hall–Kier alpha value is -0.840. The van der Waals surface area contributed by atoms with E-state index in [0.717, 1.165) is 16.0 Å². The zero-order valence-electron chi connectivity index (χ0n) is 5.06. The Morgan fingerprint density at radius 2 is 2.50 bits per heavy atom. The minimum atomic E-state index is 0.694. The second-order valence-corrected chi connectivity index (χ2v) is 2.77. The molecule has 1 aliphatic heterocycles. The third-order valence-electron chi connectivity index (χ3n) is 1.36. The summed E-state index contributed by atoms with van der Waals surface area (Å²) >= 11 is 3.32. The van der Waals surface area contributed by atoms with Crippen LogP contribution < -0.4 is 5.32 Å². The van der Waals surface area contributed by atoms with Gasteiger partial charge >= 0.3 is 0 Å². The molecule has 52 valence electrons. The van der Waals surface area contributed by atoms with Gasteiger partial charge in [-0.15, -0.1) is 0 Å². The standard InChI is InChI=1S/C5H5BrN4/c6-4-3-1-7-2-8-5(3)10-9-4/h2H,1H2,(H2,7,8,9,10). The number of fused-ring (bicyclic) bond motifs is 1. The van der Waals surface area contributed by atoms with E-state index in [1.165, 1.54) is 0 Å². The number of nitrogens with one attached hydrogen (secondary N) is 2. The number of aromatic nitrogens is 2. The van der Waals surface area contributed by atoms with Crippen LogP contribution in [0.4, 0.5) is 5.82 Å². The van der Waals surface area contributed by atoms with Crippen LogP contribution in [0.2, 0.25) is 0 Å². The molecule has 4 nitrogen and oxygen atoms in total. The average Bonchev–Trinajstić information content (AvgIpc) is 2.34. The molecule has 1 aromatic heterocycles. The van der Waals surface area contributed by atoms with Crippen molar-refractivity contribution >= 4 is 28.1 Å². The fourth-order valence-electron chi connectivity index (χ4n) is 0.851. The first-order valence-electron chi connectivity index (χ1n) is 2.85. The van der Waals surface area contributed by atoms with Crippen molar-refractivity contribution in [3.05, 3.63) is 10.2 Å². The Bertz CT molecular complexity index is 277. The number of aromatic amines is 1. The van der Waals surface area contributed by atoms with Crippen LogP contribution in [0.5, 0.6) is 0 Å². The highest BCUT2D eigenvalue weighted by Gasteiger charge is 2.11.